The summed E-state index contributed by atoms with van der Waals surface area (Å²) < 4.78 is 1.76. The van der Waals surface area contributed by atoms with E-state index in [0.717, 1.165) is 74.3 Å². The van der Waals surface area contributed by atoms with Gasteiger partial charge in [-0.15, -0.1) is 0 Å². The number of fused-ring (bicyclic) bond motifs is 2. The normalized spacial score (nSPS) is 27.4. The number of carbonyl (C=O) groups is 1. The Morgan fingerprint density at radius 1 is 1.03 bits per heavy atom. The monoisotopic (exact) mass is 465 g/mol. The lowest BCUT2D eigenvalue weighted by Gasteiger charge is -2.33. The summed E-state index contributed by atoms with van der Waals surface area (Å²) in [6, 6.07) is 4.33. The third-order valence-electron chi connectivity index (χ3n) is 9.19. The first-order valence-corrected chi connectivity index (χ1v) is 13.2. The Morgan fingerprint density at radius 2 is 1.68 bits per heavy atom. The predicted molar refractivity (Wildman–Crippen MR) is 134 cm³/mol. The number of carbonyl (C=O) groups excluding carboxylic acids is 1. The summed E-state index contributed by atoms with van der Waals surface area (Å²) in [6.45, 7) is 13.9. The molecular weight excluding hydrogens is 426 g/mol. The third kappa shape index (κ3) is 3.98. The molecule has 2 aromatic heterocycles. The molecule has 4 aliphatic rings. The molecule has 0 aromatic carbocycles. The molecule has 34 heavy (non-hydrogen) atoms. The number of nitrogens with one attached hydrogen (secondary N) is 1. The number of hydrogen-bond acceptors (Lipinski definition) is 6. The quantitative estimate of drug-likeness (QED) is 0.706. The van der Waals surface area contributed by atoms with E-state index < -0.39 is 0 Å². The van der Waals surface area contributed by atoms with Crippen molar-refractivity contribution in [2.75, 3.05) is 57.3 Å². The van der Waals surface area contributed by atoms with Gasteiger partial charge >= 0.3 is 0 Å². The molecule has 4 fully saturated rings. The first-order chi connectivity index (χ1) is 16.4. The van der Waals surface area contributed by atoms with Crippen LogP contribution in [0.5, 0.6) is 0 Å². The van der Waals surface area contributed by atoms with Crippen LogP contribution in [0.1, 0.15) is 50.0 Å². The first kappa shape index (κ1) is 22.3. The van der Waals surface area contributed by atoms with E-state index in [1.165, 1.54) is 32.5 Å². The van der Waals surface area contributed by atoms with E-state index in [1.54, 1.807) is 4.68 Å². The Balaban J connectivity index is 1.06. The highest BCUT2D eigenvalue weighted by Crippen LogP contribution is 2.62. The van der Waals surface area contributed by atoms with Gasteiger partial charge in [0, 0.05) is 52.4 Å². The maximum atomic E-state index is 13.1. The minimum absolute atomic E-state index is 0.0696. The second kappa shape index (κ2) is 8.48. The molecule has 2 unspecified atom stereocenters. The van der Waals surface area contributed by atoms with Crippen LogP contribution < -0.4 is 10.2 Å². The molecule has 1 amide bonds. The van der Waals surface area contributed by atoms with Gasteiger partial charge in [0.15, 0.2) is 11.3 Å². The highest BCUT2D eigenvalue weighted by molar-refractivity contribution is 6.04. The van der Waals surface area contributed by atoms with E-state index in [4.69, 9.17) is 4.98 Å². The summed E-state index contributed by atoms with van der Waals surface area (Å²) in [5.41, 5.74) is 1.78. The molecule has 3 aliphatic heterocycles. The summed E-state index contributed by atoms with van der Waals surface area (Å²) in [5, 5.41) is 8.67. The van der Waals surface area contributed by atoms with Gasteiger partial charge in [0.2, 0.25) is 0 Å². The Labute approximate surface area is 202 Å². The van der Waals surface area contributed by atoms with Gasteiger partial charge in [0.05, 0.1) is 5.39 Å². The molecule has 8 heteroatoms. The molecule has 0 bridgehead atoms. The van der Waals surface area contributed by atoms with Crippen LogP contribution in [-0.2, 0) is 7.05 Å². The van der Waals surface area contributed by atoms with E-state index >= 15 is 0 Å². The van der Waals surface area contributed by atoms with Crippen molar-refractivity contribution in [3.8, 4) is 0 Å². The standard InChI is InChI=1S/C26H39N7O/c1-26(2)20-16-33(17-21(20)26)22-7-6-19-23(29-30(3)24(19)28-22)25(34)27-18-8-12-32(13-9-18)15-14-31-10-4-5-11-31/h6-7,18,20-21H,4-5,8-17H2,1-3H3,(H,27,34). The smallest absolute Gasteiger partial charge is 0.272 e. The van der Waals surface area contributed by atoms with Crippen molar-refractivity contribution in [1.29, 1.82) is 0 Å². The minimum atomic E-state index is -0.0696. The highest BCUT2D eigenvalue weighted by Gasteiger charge is 2.62. The topological polar surface area (TPSA) is 69.5 Å². The van der Waals surface area contributed by atoms with E-state index in [0.29, 0.717) is 11.1 Å². The second-order valence-corrected chi connectivity index (χ2v) is 11.6. The number of rotatable bonds is 6. The molecular formula is C26H39N7O. The number of anilines is 1. The highest BCUT2D eigenvalue weighted by atomic mass is 16.2. The van der Waals surface area contributed by atoms with E-state index in [1.807, 2.05) is 13.1 Å². The number of pyridine rings is 1. The van der Waals surface area contributed by atoms with Gasteiger partial charge in [-0.3, -0.25) is 4.79 Å². The number of amides is 1. The molecule has 5 heterocycles. The molecule has 6 rings (SSSR count). The van der Waals surface area contributed by atoms with Crippen LogP contribution in [0.3, 0.4) is 0 Å². The molecule has 8 nitrogen and oxygen atoms in total. The minimum Gasteiger partial charge on any atom is -0.356 e. The van der Waals surface area contributed by atoms with Crippen molar-refractivity contribution in [1.82, 2.24) is 29.9 Å². The second-order valence-electron chi connectivity index (χ2n) is 11.6. The fourth-order valence-electron chi connectivity index (χ4n) is 6.63. The largest absolute Gasteiger partial charge is 0.356 e. The molecule has 0 spiro atoms. The van der Waals surface area contributed by atoms with Crippen LogP contribution in [0.4, 0.5) is 5.82 Å². The van der Waals surface area contributed by atoms with E-state index in [2.05, 4.69) is 45.0 Å². The zero-order valence-electron chi connectivity index (χ0n) is 21.0. The van der Waals surface area contributed by atoms with Crippen molar-refractivity contribution in [3.63, 3.8) is 0 Å². The van der Waals surface area contributed by atoms with Gasteiger partial charge in [0.1, 0.15) is 5.82 Å². The van der Waals surface area contributed by atoms with Crippen LogP contribution in [0.2, 0.25) is 0 Å². The van der Waals surface area contributed by atoms with Crippen LogP contribution >= 0.6 is 0 Å². The van der Waals surface area contributed by atoms with Crippen LogP contribution in [0.25, 0.3) is 11.0 Å². The lowest BCUT2D eigenvalue weighted by atomic mass is 10.0. The van der Waals surface area contributed by atoms with E-state index in [9.17, 15) is 4.79 Å². The van der Waals surface area contributed by atoms with Gasteiger partial charge in [-0.2, -0.15) is 5.10 Å². The zero-order valence-corrected chi connectivity index (χ0v) is 21.0. The fraction of sp³-hybridized carbons (Fsp3) is 0.731. The summed E-state index contributed by atoms with van der Waals surface area (Å²) in [6.07, 6.45) is 4.72. The van der Waals surface area contributed by atoms with Gasteiger partial charge < -0.3 is 20.0 Å². The summed E-state index contributed by atoms with van der Waals surface area (Å²) in [7, 11) is 1.89. The maximum absolute atomic E-state index is 13.1. The number of likely N-dealkylation sites (tertiary alicyclic amines) is 2. The Bertz CT molecular complexity index is 1050. The van der Waals surface area contributed by atoms with Crippen molar-refractivity contribution >= 4 is 22.8 Å². The summed E-state index contributed by atoms with van der Waals surface area (Å²) >= 11 is 0. The van der Waals surface area contributed by atoms with Gasteiger partial charge in [-0.1, -0.05) is 13.8 Å². The molecule has 1 N–H and O–H groups in total. The lowest BCUT2D eigenvalue weighted by molar-refractivity contribution is 0.0904. The fourth-order valence-corrected chi connectivity index (χ4v) is 6.63. The van der Waals surface area contributed by atoms with Crippen molar-refractivity contribution in [3.05, 3.63) is 17.8 Å². The van der Waals surface area contributed by atoms with Crippen molar-refractivity contribution in [2.24, 2.45) is 24.3 Å². The average molecular weight is 466 g/mol. The number of aryl methyl sites for hydroxylation is 1. The lowest BCUT2D eigenvalue weighted by Crippen LogP contribution is -2.46. The van der Waals surface area contributed by atoms with Crippen LogP contribution in [-0.4, -0.2) is 88.9 Å². The number of nitrogens with zero attached hydrogens (tertiary/aromatic N) is 6. The SMILES string of the molecule is Cn1nc(C(=O)NC2CCN(CCN3CCCC3)CC2)c2ccc(N3CC4C(C3)C4(C)C)nc21. The summed E-state index contributed by atoms with van der Waals surface area (Å²) in [5.74, 6) is 2.50. The maximum Gasteiger partial charge on any atom is 0.272 e. The van der Waals surface area contributed by atoms with E-state index in [-0.39, 0.29) is 11.9 Å². The predicted octanol–water partition coefficient (Wildman–Crippen LogP) is 2.35. The molecule has 1 saturated carbocycles. The molecule has 0 radical (unpaired) electrons. The molecule has 184 valence electrons. The molecule has 3 saturated heterocycles. The number of aromatic nitrogens is 3. The molecule has 2 aromatic rings. The zero-order chi connectivity index (χ0) is 23.4. The van der Waals surface area contributed by atoms with Gasteiger partial charge in [-0.25, -0.2) is 9.67 Å². The Hall–Kier alpha value is -2.19. The van der Waals surface area contributed by atoms with Crippen molar-refractivity contribution in [2.45, 2.75) is 45.6 Å². The van der Waals surface area contributed by atoms with Crippen molar-refractivity contribution < 1.29 is 4.79 Å². The number of piperidine rings is 2. The Morgan fingerprint density at radius 3 is 2.35 bits per heavy atom. The average Bonchev–Trinajstić information content (AvgIpc) is 3.40. The van der Waals surface area contributed by atoms with Crippen LogP contribution in [0.15, 0.2) is 12.1 Å². The first-order valence-electron chi connectivity index (χ1n) is 13.2. The van der Waals surface area contributed by atoms with Crippen LogP contribution in [0, 0.1) is 17.3 Å². The summed E-state index contributed by atoms with van der Waals surface area (Å²) in [4.78, 5) is 25.6. The molecule has 1 aliphatic carbocycles. The third-order valence-corrected chi connectivity index (χ3v) is 9.19. The Kier molecular flexibility index (Phi) is 5.56. The molecule has 2 atom stereocenters. The van der Waals surface area contributed by atoms with Gasteiger partial charge in [-0.05, 0) is 68.2 Å². The van der Waals surface area contributed by atoms with Gasteiger partial charge in [0.25, 0.3) is 5.91 Å². The number of hydrogen-bond donors (Lipinski definition) is 1.